The van der Waals surface area contributed by atoms with Gasteiger partial charge < -0.3 is 123 Å². The Labute approximate surface area is 699 Å². The van der Waals surface area contributed by atoms with Crippen molar-refractivity contribution >= 4 is 106 Å². The number of rotatable bonds is 53. The first-order valence-corrected chi connectivity index (χ1v) is 39.9. The number of nitrogens with two attached hydrogens (primary N) is 5. The number of hydrogen-bond acceptors (Lipinski definition) is 20. The third-order valence-electron chi connectivity index (χ3n) is 19.3. The van der Waals surface area contributed by atoms with Crippen molar-refractivity contribution in [3.05, 3.63) is 156 Å². The Bertz CT molecular complexity index is 4460. The van der Waals surface area contributed by atoms with E-state index >= 15 is 14.4 Å². The number of imidazole rings is 1. The van der Waals surface area contributed by atoms with Crippen molar-refractivity contribution in [1.82, 2.24) is 89.4 Å². The average Bonchev–Trinajstić information content (AvgIpc) is 1.68. The van der Waals surface area contributed by atoms with E-state index in [2.05, 4.69) is 89.4 Å². The van der Waals surface area contributed by atoms with Crippen molar-refractivity contribution < 1.29 is 77.3 Å². The van der Waals surface area contributed by atoms with Gasteiger partial charge in [0.25, 0.3) is 0 Å². The predicted molar refractivity (Wildman–Crippen MR) is 447 cm³/mol. The van der Waals surface area contributed by atoms with Crippen molar-refractivity contribution in [2.45, 2.75) is 190 Å². The van der Waals surface area contributed by atoms with Gasteiger partial charge in [-0.15, -0.1) is 0 Å². The van der Waals surface area contributed by atoms with Gasteiger partial charge in [-0.3, -0.25) is 77.9 Å². The lowest BCUT2D eigenvalue weighted by atomic mass is 9.99. The van der Waals surface area contributed by atoms with E-state index in [1.165, 1.54) is 24.7 Å². The minimum Gasteiger partial charge on any atom is -0.508 e. The predicted octanol–water partition coefficient (Wildman–Crippen LogP) is -3.02. The van der Waals surface area contributed by atoms with Gasteiger partial charge in [-0.25, -0.2) is 4.98 Å². The molecule has 4 aromatic carbocycles. The van der Waals surface area contributed by atoms with Crippen LogP contribution in [0.1, 0.15) is 119 Å². The molecule has 0 aliphatic rings. The molecule has 2 aromatic heterocycles. The molecule has 0 unspecified atom stereocenters. The fourth-order valence-electron chi connectivity index (χ4n) is 12.8. The molecule has 0 radical (unpaired) electrons. The van der Waals surface area contributed by atoms with Gasteiger partial charge in [-0.1, -0.05) is 131 Å². The van der Waals surface area contributed by atoms with E-state index in [0.29, 0.717) is 65.4 Å². The van der Waals surface area contributed by atoms with Crippen molar-refractivity contribution in [3.8, 4) is 5.75 Å². The van der Waals surface area contributed by atoms with Gasteiger partial charge in [0, 0.05) is 68.5 Å². The molecule has 6 aromatic rings. The average molecular weight is 1680 g/mol. The van der Waals surface area contributed by atoms with Gasteiger partial charge in [0.2, 0.25) is 76.8 Å². The fraction of sp³-hybridized carbons (Fsp3) is 0.444. The minimum atomic E-state index is -2.00. The summed E-state index contributed by atoms with van der Waals surface area (Å²) in [5, 5.41) is 72.8. The molecule has 0 spiro atoms. The second-order valence-corrected chi connectivity index (χ2v) is 29.4. The molecular formula is C81H114N24O16. The van der Waals surface area contributed by atoms with Crippen LogP contribution in [0.2, 0.25) is 0 Å². The lowest BCUT2D eigenvalue weighted by Crippen LogP contribution is -2.61. The van der Waals surface area contributed by atoms with Crippen LogP contribution < -0.4 is 103 Å². The molecule has 6 rings (SSSR count). The smallest absolute Gasteiger partial charge is 0.305 e. The zero-order chi connectivity index (χ0) is 88.5. The van der Waals surface area contributed by atoms with E-state index in [-0.39, 0.29) is 95.2 Å². The molecule has 0 aliphatic heterocycles. The molecule has 0 fully saturated rings. The normalized spacial score (nSPS) is 13.8. The summed E-state index contributed by atoms with van der Waals surface area (Å²) < 4.78 is 0. The van der Waals surface area contributed by atoms with Crippen LogP contribution in [0.15, 0.2) is 128 Å². The number of hydrogen-bond donors (Lipinski definition) is 25. The number of aromatic hydroxyl groups is 1. The standard InChI is InChI=1S/C81H114N24O16/c1-4-5-24-56(99-79(121)68(46(2)3)105-78(120)61(37-49-28-30-52(106)31-29-49)100-69(111)54(83)23-14-15-32-82)70(112)94-44-66(108)96-63(39-51-42-89-45-95-51)76(118)102-60(36-48-20-10-7-11-21-48)74(116)97-58(27-17-34-91-81(87)88)73(115)103-62(38-50-41-92-55-25-13-12-22-53(50)55)75(117)104-64(40-67(109)110)77(119)98-57(26-16-33-90-80(85)86)72(114)101-59(71(113)93-43-65(84)107)35-47-18-8-6-9-19-47/h6-13,18-22,25,28-31,41-42,45-46,54,56-64,68,92,106H,4-5,14-17,23-24,26-27,32-40,43-44,82-83H2,1-3H3,(H2,84,107)(H,89,95)(H,93,113)(H,94,112)(H,96,108)(H,97,116)(H,98,119)(H,99,121)(H,100,111)(H,101,114)(H,102,118)(H,103,115)(H,104,117)(H,105,120)(H,109,110)(H4,85,86,90)(H4,87,88,91)/t54-,56-,57-,58-,59-,60-,61-,62+,63-,64-,68-/m0/s1. The summed E-state index contributed by atoms with van der Waals surface area (Å²) in [5.41, 5.74) is 31.2. The molecule has 0 saturated heterocycles. The first-order valence-electron chi connectivity index (χ1n) is 39.9. The Morgan fingerprint density at radius 1 is 0.446 bits per heavy atom. The topological polar surface area (TPSA) is 670 Å². The number of benzene rings is 4. The monoisotopic (exact) mass is 1680 g/mol. The highest BCUT2D eigenvalue weighted by atomic mass is 16.4. The van der Waals surface area contributed by atoms with E-state index < -0.39 is 187 Å². The number of para-hydroxylation sites is 1. The maximum absolute atomic E-state index is 15.2. The molecule has 0 bridgehead atoms. The lowest BCUT2D eigenvalue weighted by molar-refractivity contribution is -0.141. The van der Waals surface area contributed by atoms with Crippen LogP contribution in [-0.2, 0) is 99.2 Å². The largest absolute Gasteiger partial charge is 0.508 e. The molecule has 40 nitrogen and oxygen atoms in total. The number of fused-ring (bicyclic) bond motifs is 1. The Hall–Kier alpha value is -13.5. The summed E-state index contributed by atoms with van der Waals surface area (Å²) in [6.07, 6.45) is 4.19. The number of guanidine groups is 2. The molecule has 654 valence electrons. The zero-order valence-corrected chi connectivity index (χ0v) is 67.8. The number of aliphatic carboxylic acids is 1. The van der Waals surface area contributed by atoms with Crippen molar-refractivity contribution in [3.63, 3.8) is 0 Å². The zero-order valence-electron chi connectivity index (χ0n) is 67.8. The van der Waals surface area contributed by atoms with Gasteiger partial charge >= 0.3 is 5.97 Å². The number of nitrogens with one attached hydrogen (secondary N) is 18. The quantitative estimate of drug-likeness (QED) is 0.0103. The maximum atomic E-state index is 15.2. The summed E-state index contributed by atoms with van der Waals surface area (Å²) in [4.78, 5) is 208. The van der Waals surface area contributed by atoms with E-state index in [4.69, 9.17) is 39.5 Å². The van der Waals surface area contributed by atoms with E-state index in [0.717, 1.165) is 0 Å². The fourth-order valence-corrected chi connectivity index (χ4v) is 12.8. The minimum absolute atomic E-state index is 0.00489. The molecule has 121 heavy (non-hydrogen) atoms. The first-order chi connectivity index (χ1) is 57.8. The van der Waals surface area contributed by atoms with Crippen LogP contribution in [0.4, 0.5) is 0 Å². The van der Waals surface area contributed by atoms with Gasteiger partial charge in [0.15, 0.2) is 11.9 Å². The highest BCUT2D eigenvalue weighted by Crippen LogP contribution is 2.21. The Balaban J connectivity index is 1.25. The van der Waals surface area contributed by atoms with E-state index in [9.17, 15) is 63.0 Å². The number of carbonyl (C=O) groups is 14. The number of H-pyrrole nitrogens is 2. The number of phenols is 1. The Morgan fingerprint density at radius 2 is 0.884 bits per heavy atom. The SMILES string of the molecule is CCCC[C@H](NC(=O)[C@@H](NC(=O)[C@H](Cc1ccc(O)cc1)NC(=O)[C@@H](N)CCCCN)C(C)C)C(=O)NCC(=O)N[C@@H](Cc1c[nH]cn1)C(=O)N[C@@H](Cc1ccccc1)C(=O)N[C@@H](CCCNC(=N)N)C(=O)N[C@H](Cc1c[nH]c2ccccc12)C(=O)N[C@@H](CC(=O)O)C(=O)N[C@@H](CCCNC(=N)N)C(=O)N[C@@H](Cc1ccccc1)C(=O)NCC(N)=O. The molecule has 40 heteroatoms. The molecule has 0 saturated carbocycles. The third-order valence-corrected chi connectivity index (χ3v) is 19.3. The summed E-state index contributed by atoms with van der Waals surface area (Å²) in [6, 6.07) is 13.4. The maximum Gasteiger partial charge on any atom is 0.305 e. The summed E-state index contributed by atoms with van der Waals surface area (Å²) in [6.45, 7) is 4.15. The summed E-state index contributed by atoms with van der Waals surface area (Å²) in [5.74, 6) is -15.0. The lowest BCUT2D eigenvalue weighted by Gasteiger charge is -2.28. The van der Waals surface area contributed by atoms with Crippen LogP contribution in [0.5, 0.6) is 5.75 Å². The number of phenolic OH excluding ortho intramolecular Hbond substituents is 1. The van der Waals surface area contributed by atoms with Gasteiger partial charge in [-0.2, -0.15) is 0 Å². The van der Waals surface area contributed by atoms with Crippen molar-refractivity contribution in [1.29, 1.82) is 10.8 Å². The highest BCUT2D eigenvalue weighted by molar-refractivity contribution is 6.01. The van der Waals surface area contributed by atoms with Crippen molar-refractivity contribution in [2.75, 3.05) is 32.7 Å². The number of carbonyl (C=O) groups excluding carboxylic acids is 13. The Kier molecular flexibility index (Phi) is 40.0. The van der Waals surface area contributed by atoms with Crippen LogP contribution in [-0.4, -0.2) is 219 Å². The number of carboxylic acid groups (broad SMARTS) is 1. The molecule has 0 aliphatic carbocycles. The van der Waals surface area contributed by atoms with Crippen LogP contribution in [0, 0.1) is 16.7 Å². The highest BCUT2D eigenvalue weighted by Gasteiger charge is 2.38. The second-order valence-electron chi connectivity index (χ2n) is 29.4. The van der Waals surface area contributed by atoms with Gasteiger partial charge in [0.05, 0.1) is 37.6 Å². The molecule has 2 heterocycles. The number of carboxylic acids is 1. The number of amides is 13. The number of primary amides is 1. The van der Waals surface area contributed by atoms with Crippen molar-refractivity contribution in [2.24, 2.45) is 34.6 Å². The number of aromatic nitrogens is 3. The second kappa shape index (κ2) is 50.3. The third kappa shape index (κ3) is 34.1. The number of unbranched alkanes of at least 4 members (excludes halogenated alkanes) is 2. The van der Waals surface area contributed by atoms with Gasteiger partial charge in [0.1, 0.15) is 66.2 Å². The van der Waals surface area contributed by atoms with E-state index in [1.807, 2.05) is 6.92 Å². The van der Waals surface area contributed by atoms with Crippen LogP contribution >= 0.6 is 0 Å². The number of aromatic amines is 2. The van der Waals surface area contributed by atoms with Crippen LogP contribution in [0.25, 0.3) is 10.9 Å². The molecular weight excluding hydrogens is 1570 g/mol. The van der Waals surface area contributed by atoms with Crippen LogP contribution in [0.3, 0.4) is 0 Å². The van der Waals surface area contributed by atoms with E-state index in [1.54, 1.807) is 117 Å². The first kappa shape index (κ1) is 96.3. The molecule has 11 atom stereocenters. The molecule has 30 N–H and O–H groups in total. The Morgan fingerprint density at radius 3 is 1.40 bits per heavy atom. The molecule has 13 amide bonds. The summed E-state index contributed by atoms with van der Waals surface area (Å²) >= 11 is 0. The van der Waals surface area contributed by atoms with Gasteiger partial charge in [-0.05, 0) is 97.9 Å². The summed E-state index contributed by atoms with van der Waals surface area (Å²) in [7, 11) is 0. The number of nitrogens with zero attached hydrogens (tertiary/aromatic N) is 1.